The van der Waals surface area contributed by atoms with Crippen LogP contribution in [0.15, 0.2) is 30.4 Å². The SMILES string of the molecule is CC[C@@H]1C[C@@H](C)CC/C=C\[C@@H]2C[C@@]2(C(=O)NS(=O)(=O)C2(C)CC2)CC(=O)[C@@H]2C[C@@H](OC(=O)N3Cc4cccc(F)c4C3)CN2C(=O)[C@H]1CC(=O)OC(C)(C)C. The molecule has 1 aromatic rings. The van der Waals surface area contributed by atoms with E-state index in [4.69, 9.17) is 9.47 Å². The predicted molar refractivity (Wildman–Crippen MR) is 201 cm³/mol. The van der Waals surface area contributed by atoms with Gasteiger partial charge >= 0.3 is 12.1 Å². The third-order valence-electron chi connectivity index (χ3n) is 12.4. The molecular formula is C41H56FN3O9S. The number of nitrogens with zero attached hydrogens (tertiary/aromatic N) is 2. The van der Waals surface area contributed by atoms with E-state index in [9.17, 15) is 36.8 Å². The van der Waals surface area contributed by atoms with Gasteiger partial charge in [-0.1, -0.05) is 44.6 Å². The zero-order valence-corrected chi connectivity index (χ0v) is 33.7. The largest absolute Gasteiger partial charge is 0.460 e. The fourth-order valence-corrected chi connectivity index (χ4v) is 9.97. The minimum absolute atomic E-state index is 0.0153. The maximum absolute atomic E-state index is 14.9. The van der Waals surface area contributed by atoms with Crippen molar-refractivity contribution in [1.29, 1.82) is 0 Å². The van der Waals surface area contributed by atoms with Gasteiger partial charge in [0, 0.05) is 24.9 Å². The molecule has 1 saturated heterocycles. The monoisotopic (exact) mass is 785 g/mol. The van der Waals surface area contributed by atoms with Gasteiger partial charge < -0.3 is 14.4 Å². The van der Waals surface area contributed by atoms with E-state index in [0.717, 1.165) is 6.42 Å². The van der Waals surface area contributed by atoms with Crippen molar-refractivity contribution < 1.29 is 46.3 Å². The molecule has 12 nitrogen and oxygen atoms in total. The van der Waals surface area contributed by atoms with Gasteiger partial charge in [0.05, 0.1) is 41.6 Å². The number of hydrogen-bond acceptors (Lipinski definition) is 9. The Morgan fingerprint density at radius 2 is 1.82 bits per heavy atom. The van der Waals surface area contributed by atoms with Crippen LogP contribution in [0.5, 0.6) is 0 Å². The maximum Gasteiger partial charge on any atom is 0.410 e. The maximum atomic E-state index is 14.9. The van der Waals surface area contributed by atoms with Gasteiger partial charge in [0.1, 0.15) is 17.5 Å². The summed E-state index contributed by atoms with van der Waals surface area (Å²) in [5.41, 5.74) is -1.04. The molecule has 3 fully saturated rings. The Morgan fingerprint density at radius 3 is 2.47 bits per heavy atom. The van der Waals surface area contributed by atoms with E-state index >= 15 is 0 Å². The Bertz CT molecular complexity index is 1850. The molecule has 3 amide bonds. The van der Waals surface area contributed by atoms with E-state index < -0.39 is 79.3 Å². The van der Waals surface area contributed by atoms with E-state index in [1.807, 2.05) is 19.1 Å². The summed E-state index contributed by atoms with van der Waals surface area (Å²) < 4.78 is 53.8. The molecule has 6 rings (SSSR count). The lowest BCUT2D eigenvalue weighted by Crippen LogP contribution is -2.48. The van der Waals surface area contributed by atoms with Gasteiger partial charge in [-0.25, -0.2) is 17.6 Å². The summed E-state index contributed by atoms with van der Waals surface area (Å²) in [5.74, 6) is -3.82. The number of rotatable bonds is 7. The van der Waals surface area contributed by atoms with Gasteiger partial charge in [0.2, 0.25) is 21.8 Å². The number of hydrogen-bond donors (Lipinski definition) is 1. The van der Waals surface area contributed by atoms with Crippen molar-refractivity contribution in [3.8, 4) is 0 Å². The van der Waals surface area contributed by atoms with Crippen molar-refractivity contribution in [2.45, 2.75) is 141 Å². The minimum Gasteiger partial charge on any atom is -0.460 e. The zero-order valence-electron chi connectivity index (χ0n) is 32.9. The second-order valence-corrected chi connectivity index (χ2v) is 20.1. The van der Waals surface area contributed by atoms with Gasteiger partial charge in [0.25, 0.3) is 0 Å². The molecule has 1 aromatic carbocycles. The van der Waals surface area contributed by atoms with Gasteiger partial charge in [-0.2, -0.15) is 0 Å². The predicted octanol–water partition coefficient (Wildman–Crippen LogP) is 5.96. The van der Waals surface area contributed by atoms with Crippen molar-refractivity contribution in [3.63, 3.8) is 0 Å². The average molecular weight is 786 g/mol. The molecule has 0 unspecified atom stereocenters. The van der Waals surface area contributed by atoms with Crippen molar-refractivity contribution in [2.75, 3.05) is 6.54 Å². The molecule has 302 valence electrons. The summed E-state index contributed by atoms with van der Waals surface area (Å²) in [5, 5.41) is 0. The van der Waals surface area contributed by atoms with Gasteiger partial charge in [-0.15, -0.1) is 0 Å². The quantitative estimate of drug-likeness (QED) is 0.260. The van der Waals surface area contributed by atoms with Crippen LogP contribution in [0.4, 0.5) is 9.18 Å². The van der Waals surface area contributed by atoms with Crippen LogP contribution >= 0.6 is 0 Å². The first-order valence-corrected chi connectivity index (χ1v) is 21.2. The molecule has 2 aliphatic carbocycles. The zero-order chi connectivity index (χ0) is 40.1. The number of carbonyl (C=O) groups is 5. The van der Waals surface area contributed by atoms with Crippen molar-refractivity contribution in [3.05, 3.63) is 47.3 Å². The normalized spacial score (nSPS) is 31.3. The molecule has 2 saturated carbocycles. The number of carbonyl (C=O) groups excluding carboxylic acids is 5. The first kappa shape index (κ1) is 40.8. The van der Waals surface area contributed by atoms with Crippen LogP contribution in [0.2, 0.25) is 0 Å². The van der Waals surface area contributed by atoms with E-state index in [2.05, 4.69) is 11.6 Å². The van der Waals surface area contributed by atoms with Gasteiger partial charge in [0.15, 0.2) is 5.78 Å². The van der Waals surface area contributed by atoms with E-state index in [-0.39, 0.29) is 63.1 Å². The van der Waals surface area contributed by atoms with Crippen molar-refractivity contribution in [2.24, 2.45) is 29.1 Å². The fraction of sp³-hybridized carbons (Fsp3) is 0.683. The summed E-state index contributed by atoms with van der Waals surface area (Å²) in [6.45, 7) is 11.0. The summed E-state index contributed by atoms with van der Waals surface area (Å²) in [4.78, 5) is 73.0. The lowest BCUT2D eigenvalue weighted by atomic mass is 9.79. The van der Waals surface area contributed by atoms with Crippen molar-refractivity contribution in [1.82, 2.24) is 14.5 Å². The molecule has 3 aliphatic heterocycles. The van der Waals surface area contributed by atoms with Crippen LogP contribution in [-0.4, -0.2) is 76.9 Å². The molecule has 0 bridgehead atoms. The molecule has 7 atom stereocenters. The number of ether oxygens (including phenoxy) is 2. The average Bonchev–Trinajstić information content (AvgIpc) is 3.89. The highest BCUT2D eigenvalue weighted by atomic mass is 32.2. The third kappa shape index (κ3) is 8.78. The Balaban J connectivity index is 1.31. The highest BCUT2D eigenvalue weighted by Gasteiger charge is 2.63. The van der Waals surface area contributed by atoms with E-state index in [1.54, 1.807) is 39.8 Å². The number of Topliss-reactive ketones (excluding diaryl/α,β-unsaturated/α-hetero) is 1. The van der Waals surface area contributed by atoms with Gasteiger partial charge in [-0.3, -0.25) is 28.8 Å². The van der Waals surface area contributed by atoms with Crippen molar-refractivity contribution >= 4 is 39.7 Å². The second kappa shape index (κ2) is 15.3. The fourth-order valence-electron chi connectivity index (χ4n) is 8.63. The number of benzene rings is 1. The number of amides is 3. The lowest BCUT2D eigenvalue weighted by Gasteiger charge is -2.33. The summed E-state index contributed by atoms with van der Waals surface area (Å²) in [7, 11) is -3.99. The smallest absolute Gasteiger partial charge is 0.410 e. The second-order valence-electron chi connectivity index (χ2n) is 17.9. The molecule has 1 N–H and O–H groups in total. The molecule has 5 aliphatic rings. The third-order valence-corrected chi connectivity index (χ3v) is 14.6. The Labute approximate surface area is 324 Å². The first-order valence-electron chi connectivity index (χ1n) is 19.8. The topological polar surface area (TPSA) is 156 Å². The Kier molecular flexibility index (Phi) is 11.3. The van der Waals surface area contributed by atoms with Gasteiger partial charge in [-0.05, 0) is 95.6 Å². The molecule has 55 heavy (non-hydrogen) atoms. The molecule has 0 spiro atoms. The summed E-state index contributed by atoms with van der Waals surface area (Å²) in [6.07, 6.45) is 5.56. The molecule has 0 radical (unpaired) electrons. The number of halogens is 1. The molecule has 0 aromatic heterocycles. The van der Waals surface area contributed by atoms with Crippen LogP contribution in [0.1, 0.15) is 117 Å². The van der Waals surface area contributed by atoms with Crippen LogP contribution in [0, 0.1) is 34.9 Å². The van der Waals surface area contributed by atoms with Crippen LogP contribution < -0.4 is 4.72 Å². The van der Waals surface area contributed by atoms with Crippen LogP contribution in [0.25, 0.3) is 0 Å². The van der Waals surface area contributed by atoms with Crippen LogP contribution in [0.3, 0.4) is 0 Å². The number of nitrogens with one attached hydrogen (secondary N) is 1. The molecule has 14 heteroatoms. The number of fused-ring (bicyclic) bond motifs is 3. The first-order chi connectivity index (χ1) is 25.8. The Morgan fingerprint density at radius 1 is 1.09 bits per heavy atom. The van der Waals surface area contributed by atoms with Crippen LogP contribution in [-0.2, 0) is 51.8 Å². The molecular weight excluding hydrogens is 730 g/mol. The molecule has 3 heterocycles. The summed E-state index contributed by atoms with van der Waals surface area (Å²) in [6, 6.07) is 3.55. The lowest BCUT2D eigenvalue weighted by molar-refractivity contribution is -0.160. The highest BCUT2D eigenvalue weighted by Crippen LogP contribution is 2.57. The highest BCUT2D eigenvalue weighted by molar-refractivity contribution is 7.91. The Hall–Kier alpha value is -3.81. The number of ketones is 1. The summed E-state index contributed by atoms with van der Waals surface area (Å²) >= 11 is 0. The standard InChI is InChI=1S/C41H56FN3O9S/c1-7-26-17-25(2)11-8-9-13-28-20-41(28,37(49)43-55(51,52)40(6)15-16-40)21-34(46)33-18-29(23-45(33)36(48)30(26)19-35(47)54-39(3,4)5)53-38(50)44-22-27-12-10-14-32(42)31(27)24-44/h9-10,12-14,25-26,28-30,33H,7-8,11,15-24H2,1-6H3,(H,43,49)/b13-9-/t25-,26+,28+,29+,30-,33-,41+/m0/s1. The van der Waals surface area contributed by atoms with E-state index in [0.29, 0.717) is 43.2 Å². The minimum atomic E-state index is -3.99. The number of allylic oxidation sites excluding steroid dienone is 2. The van der Waals surface area contributed by atoms with E-state index in [1.165, 1.54) is 15.9 Å². The number of sulfonamides is 1. The number of esters is 1.